The lowest BCUT2D eigenvalue weighted by atomic mass is 9.97. The highest BCUT2D eigenvalue weighted by Gasteiger charge is 2.17. The summed E-state index contributed by atoms with van der Waals surface area (Å²) >= 11 is 0. The second kappa shape index (κ2) is 6.95. The molecule has 0 bridgehead atoms. The van der Waals surface area contributed by atoms with E-state index in [4.69, 9.17) is 0 Å². The van der Waals surface area contributed by atoms with E-state index in [1.165, 1.54) is 37.1 Å². The fourth-order valence-electron chi connectivity index (χ4n) is 3.06. The first-order chi connectivity index (χ1) is 9.30. The summed E-state index contributed by atoms with van der Waals surface area (Å²) in [5, 5.41) is 3.47. The number of fused-ring (bicyclic) bond motifs is 1. The summed E-state index contributed by atoms with van der Waals surface area (Å²) in [4.78, 5) is 2.59. The van der Waals surface area contributed by atoms with Crippen LogP contribution in [0.4, 0.5) is 5.69 Å². The van der Waals surface area contributed by atoms with Crippen LogP contribution >= 0.6 is 0 Å². The third-order valence-electron chi connectivity index (χ3n) is 4.47. The molecule has 0 spiro atoms. The topological polar surface area (TPSA) is 15.3 Å². The van der Waals surface area contributed by atoms with Crippen LogP contribution in [0.1, 0.15) is 44.7 Å². The zero-order valence-corrected chi connectivity index (χ0v) is 12.7. The Labute approximate surface area is 118 Å². The van der Waals surface area contributed by atoms with E-state index in [0.29, 0.717) is 0 Å². The van der Waals surface area contributed by atoms with Gasteiger partial charge in [-0.15, -0.1) is 0 Å². The van der Waals surface area contributed by atoms with Gasteiger partial charge >= 0.3 is 0 Å². The zero-order valence-electron chi connectivity index (χ0n) is 12.7. The second-order valence-electron chi connectivity index (χ2n) is 5.56. The van der Waals surface area contributed by atoms with Crippen LogP contribution in [0.2, 0.25) is 0 Å². The molecule has 1 aliphatic rings. The van der Waals surface area contributed by atoms with Crippen LogP contribution in [0.5, 0.6) is 0 Å². The summed E-state index contributed by atoms with van der Waals surface area (Å²) < 4.78 is 0. The van der Waals surface area contributed by atoms with Gasteiger partial charge in [-0.3, -0.25) is 0 Å². The third-order valence-corrected chi connectivity index (χ3v) is 4.47. The van der Waals surface area contributed by atoms with E-state index >= 15 is 0 Å². The van der Waals surface area contributed by atoms with Gasteiger partial charge < -0.3 is 10.2 Å². The molecule has 2 heteroatoms. The Morgan fingerprint density at radius 1 is 1.21 bits per heavy atom. The minimum Gasteiger partial charge on any atom is -0.371 e. The molecule has 0 saturated heterocycles. The van der Waals surface area contributed by atoms with Gasteiger partial charge in [-0.05, 0) is 43.0 Å². The number of anilines is 1. The zero-order chi connectivity index (χ0) is 13.7. The molecule has 0 amide bonds. The normalized spacial score (nSPS) is 14.5. The van der Waals surface area contributed by atoms with Crippen LogP contribution in [0.15, 0.2) is 18.2 Å². The van der Waals surface area contributed by atoms with Gasteiger partial charge in [0.2, 0.25) is 0 Å². The van der Waals surface area contributed by atoms with Gasteiger partial charge in [0.1, 0.15) is 0 Å². The van der Waals surface area contributed by atoms with E-state index in [0.717, 1.165) is 25.6 Å². The van der Waals surface area contributed by atoms with Crippen LogP contribution in [-0.2, 0) is 13.0 Å². The molecule has 0 aromatic heterocycles. The molecular formula is C17H28N2. The number of nitrogens with one attached hydrogen (secondary N) is 1. The number of hydrogen-bond acceptors (Lipinski definition) is 2. The van der Waals surface area contributed by atoms with Crippen LogP contribution in [0.3, 0.4) is 0 Å². The predicted octanol–water partition coefficient (Wildman–Crippen LogP) is 3.59. The van der Waals surface area contributed by atoms with E-state index in [1.807, 2.05) is 0 Å². The largest absolute Gasteiger partial charge is 0.371 e. The lowest BCUT2D eigenvalue weighted by Crippen LogP contribution is -2.32. The number of nitrogens with zero attached hydrogens (tertiary/aromatic N) is 1. The molecule has 0 radical (unpaired) electrons. The number of benzene rings is 1. The minimum atomic E-state index is 0.817. The SMILES string of the molecule is CCC(CC)CN(CC)c1cccc2c1CCNC2. The van der Waals surface area contributed by atoms with Crippen molar-refractivity contribution in [3.63, 3.8) is 0 Å². The highest BCUT2D eigenvalue weighted by molar-refractivity contribution is 5.57. The standard InChI is InChI=1S/C17H28N2/c1-4-14(5-2)13-19(6-3)17-9-7-8-15-12-18-11-10-16(15)17/h7-9,14,18H,4-6,10-13H2,1-3H3. The monoisotopic (exact) mass is 260 g/mol. The quantitative estimate of drug-likeness (QED) is 0.841. The van der Waals surface area contributed by atoms with Crippen LogP contribution in [0.25, 0.3) is 0 Å². The molecule has 0 atom stereocenters. The first-order valence-electron chi connectivity index (χ1n) is 7.86. The molecule has 2 rings (SSSR count). The smallest absolute Gasteiger partial charge is 0.0402 e. The lowest BCUT2D eigenvalue weighted by Gasteiger charge is -2.31. The average Bonchev–Trinajstić information content (AvgIpc) is 2.48. The van der Waals surface area contributed by atoms with Crippen molar-refractivity contribution in [2.45, 2.75) is 46.6 Å². The Kier molecular flexibility index (Phi) is 5.26. The molecule has 0 unspecified atom stereocenters. The molecule has 106 valence electrons. The molecular weight excluding hydrogens is 232 g/mol. The maximum absolute atomic E-state index is 3.47. The van der Waals surface area contributed by atoms with Crippen molar-refractivity contribution in [3.8, 4) is 0 Å². The Morgan fingerprint density at radius 3 is 2.68 bits per heavy atom. The fourth-order valence-corrected chi connectivity index (χ4v) is 3.06. The first-order valence-corrected chi connectivity index (χ1v) is 7.86. The average molecular weight is 260 g/mol. The fraction of sp³-hybridized carbons (Fsp3) is 0.647. The van der Waals surface area contributed by atoms with Crippen molar-refractivity contribution in [1.29, 1.82) is 0 Å². The van der Waals surface area contributed by atoms with E-state index in [1.54, 1.807) is 5.56 Å². The van der Waals surface area contributed by atoms with E-state index in [9.17, 15) is 0 Å². The van der Waals surface area contributed by atoms with Gasteiger partial charge in [-0.25, -0.2) is 0 Å². The summed E-state index contributed by atoms with van der Waals surface area (Å²) in [6.45, 7) is 11.4. The Balaban J connectivity index is 2.22. The number of rotatable bonds is 6. The van der Waals surface area contributed by atoms with Crippen molar-refractivity contribution in [2.24, 2.45) is 5.92 Å². The van der Waals surface area contributed by atoms with Crippen molar-refractivity contribution >= 4 is 5.69 Å². The second-order valence-corrected chi connectivity index (χ2v) is 5.56. The van der Waals surface area contributed by atoms with Gasteiger partial charge in [-0.2, -0.15) is 0 Å². The molecule has 2 nitrogen and oxygen atoms in total. The molecule has 0 saturated carbocycles. The maximum Gasteiger partial charge on any atom is 0.0402 e. The highest BCUT2D eigenvalue weighted by Crippen LogP contribution is 2.27. The highest BCUT2D eigenvalue weighted by atomic mass is 15.1. The molecule has 1 heterocycles. The van der Waals surface area contributed by atoms with E-state index in [2.05, 4.69) is 49.2 Å². The summed E-state index contributed by atoms with van der Waals surface area (Å²) in [5.74, 6) is 0.817. The lowest BCUT2D eigenvalue weighted by molar-refractivity contribution is 0.485. The van der Waals surface area contributed by atoms with Gasteiger partial charge in [0.05, 0.1) is 0 Å². The maximum atomic E-state index is 3.47. The van der Waals surface area contributed by atoms with Crippen molar-refractivity contribution in [3.05, 3.63) is 29.3 Å². The molecule has 19 heavy (non-hydrogen) atoms. The molecule has 1 aromatic rings. The van der Waals surface area contributed by atoms with Crippen molar-refractivity contribution in [2.75, 3.05) is 24.5 Å². The van der Waals surface area contributed by atoms with Crippen molar-refractivity contribution < 1.29 is 0 Å². The van der Waals surface area contributed by atoms with E-state index in [-0.39, 0.29) is 0 Å². The minimum absolute atomic E-state index is 0.817. The summed E-state index contributed by atoms with van der Waals surface area (Å²) in [5.41, 5.74) is 4.55. The van der Waals surface area contributed by atoms with Crippen LogP contribution in [-0.4, -0.2) is 19.6 Å². The molecule has 0 fully saturated rings. The van der Waals surface area contributed by atoms with Gasteiger partial charge in [0.15, 0.2) is 0 Å². The van der Waals surface area contributed by atoms with Crippen LogP contribution in [0, 0.1) is 5.92 Å². The summed E-state index contributed by atoms with van der Waals surface area (Å²) in [6.07, 6.45) is 3.73. The van der Waals surface area contributed by atoms with Gasteiger partial charge in [0, 0.05) is 25.3 Å². The van der Waals surface area contributed by atoms with Gasteiger partial charge in [0.25, 0.3) is 0 Å². The Hall–Kier alpha value is -1.02. The molecule has 1 N–H and O–H groups in total. The third kappa shape index (κ3) is 3.30. The molecule has 1 aromatic carbocycles. The number of hydrogen-bond donors (Lipinski definition) is 1. The summed E-state index contributed by atoms with van der Waals surface area (Å²) in [7, 11) is 0. The Morgan fingerprint density at radius 2 is 2.00 bits per heavy atom. The van der Waals surface area contributed by atoms with Crippen LogP contribution < -0.4 is 10.2 Å². The molecule has 1 aliphatic heterocycles. The predicted molar refractivity (Wildman–Crippen MR) is 83.8 cm³/mol. The van der Waals surface area contributed by atoms with Crippen molar-refractivity contribution in [1.82, 2.24) is 5.32 Å². The van der Waals surface area contributed by atoms with Gasteiger partial charge in [-0.1, -0.05) is 38.8 Å². The molecule has 0 aliphatic carbocycles. The van der Waals surface area contributed by atoms with E-state index < -0.39 is 0 Å². The Bertz CT molecular complexity index is 396. The first kappa shape index (κ1) is 14.4. The summed E-state index contributed by atoms with van der Waals surface area (Å²) in [6, 6.07) is 6.81.